The summed E-state index contributed by atoms with van der Waals surface area (Å²) in [5, 5.41) is 0. The molecule has 4 heterocycles. The van der Waals surface area contributed by atoms with E-state index in [-0.39, 0.29) is 0 Å². The minimum atomic E-state index is 0.462. The molecule has 1 aromatic carbocycles. The van der Waals surface area contributed by atoms with E-state index in [9.17, 15) is 0 Å². The fraction of sp³-hybridized carbons (Fsp3) is 0.773. The van der Waals surface area contributed by atoms with Gasteiger partial charge in [0.1, 0.15) is 0 Å². The fourth-order valence-corrected chi connectivity index (χ4v) is 14.4. The number of benzene rings is 1. The Labute approximate surface area is 290 Å². The zero-order valence-electron chi connectivity index (χ0n) is 29.8. The van der Waals surface area contributed by atoms with E-state index in [1.807, 2.05) is 0 Å². The van der Waals surface area contributed by atoms with Gasteiger partial charge in [0, 0.05) is 29.7 Å². The first-order valence-corrected chi connectivity index (χ1v) is 21.0. The van der Waals surface area contributed by atoms with Crippen LogP contribution >= 0.6 is 0 Å². The number of rotatable bonds is 2. The average Bonchev–Trinajstić information content (AvgIpc) is 3.62. The quantitative estimate of drug-likeness (QED) is 0.319. The lowest BCUT2D eigenvalue weighted by molar-refractivity contribution is -0.187. The predicted octanol–water partition coefficient (Wildman–Crippen LogP) is 9.25. The molecule has 0 radical (unpaired) electrons. The van der Waals surface area contributed by atoms with Crippen LogP contribution in [0.25, 0.3) is 5.57 Å². The SMILES string of the molecule is CC1CCC2C(C1)OC1CC(C)CC3C4CC(c5ccc(C6=CC7=C(CC6)N6C8CCCCC8OC8CCCC7C86)cc5)CCC4N2C13. The van der Waals surface area contributed by atoms with E-state index >= 15 is 0 Å². The van der Waals surface area contributed by atoms with E-state index < -0.39 is 0 Å². The summed E-state index contributed by atoms with van der Waals surface area (Å²) in [6.07, 6.45) is 27.3. The molecule has 1 aromatic rings. The van der Waals surface area contributed by atoms with E-state index in [4.69, 9.17) is 9.47 Å². The van der Waals surface area contributed by atoms with Crippen LogP contribution < -0.4 is 0 Å². The van der Waals surface area contributed by atoms with Crippen LogP contribution in [-0.2, 0) is 9.47 Å². The van der Waals surface area contributed by atoms with Crippen LogP contribution in [0.1, 0.15) is 140 Å². The number of hydrogen-bond acceptors (Lipinski definition) is 4. The van der Waals surface area contributed by atoms with Gasteiger partial charge in [0.15, 0.2) is 0 Å². The maximum atomic E-state index is 7.04. The van der Waals surface area contributed by atoms with E-state index in [1.54, 1.807) is 22.4 Å². The molecule has 5 saturated carbocycles. The van der Waals surface area contributed by atoms with Crippen molar-refractivity contribution in [2.75, 3.05) is 0 Å². The Morgan fingerprint density at radius 1 is 0.604 bits per heavy atom. The van der Waals surface area contributed by atoms with Gasteiger partial charge in [-0.3, -0.25) is 4.90 Å². The average molecular weight is 649 g/mol. The topological polar surface area (TPSA) is 24.9 Å². The molecular formula is C44H60N2O2. The molecule has 258 valence electrons. The summed E-state index contributed by atoms with van der Waals surface area (Å²) >= 11 is 0. The summed E-state index contributed by atoms with van der Waals surface area (Å²) in [6.45, 7) is 4.99. The van der Waals surface area contributed by atoms with E-state index in [0.717, 1.165) is 35.6 Å². The van der Waals surface area contributed by atoms with Gasteiger partial charge in [-0.15, -0.1) is 0 Å². The number of hydrogen-bond donors (Lipinski definition) is 0. The van der Waals surface area contributed by atoms with Gasteiger partial charge in [0.05, 0.1) is 36.5 Å². The second-order valence-electron chi connectivity index (χ2n) is 18.8. The summed E-state index contributed by atoms with van der Waals surface area (Å²) in [6, 6.07) is 13.6. The molecule has 0 spiro atoms. The highest BCUT2D eigenvalue weighted by molar-refractivity contribution is 5.71. The van der Waals surface area contributed by atoms with Gasteiger partial charge in [-0.1, -0.05) is 63.5 Å². The lowest BCUT2D eigenvalue weighted by Gasteiger charge is -2.55. The first-order chi connectivity index (χ1) is 23.6. The van der Waals surface area contributed by atoms with Crippen molar-refractivity contribution in [3.63, 3.8) is 0 Å². The van der Waals surface area contributed by atoms with Gasteiger partial charge in [0.2, 0.25) is 0 Å². The van der Waals surface area contributed by atoms with Gasteiger partial charge in [-0.25, -0.2) is 0 Å². The highest BCUT2D eigenvalue weighted by atomic mass is 16.5. The van der Waals surface area contributed by atoms with E-state index in [1.165, 1.54) is 115 Å². The normalized spacial score (nSPS) is 49.2. The fourth-order valence-electron chi connectivity index (χ4n) is 14.4. The Hall–Kier alpha value is -1.62. The lowest BCUT2D eigenvalue weighted by atomic mass is 9.66. The molecule has 4 nitrogen and oxygen atoms in total. The van der Waals surface area contributed by atoms with Crippen molar-refractivity contribution < 1.29 is 9.47 Å². The molecule has 48 heavy (non-hydrogen) atoms. The van der Waals surface area contributed by atoms with E-state index in [0.29, 0.717) is 54.5 Å². The molecule has 3 saturated heterocycles. The molecule has 4 aliphatic heterocycles. The van der Waals surface area contributed by atoms with Crippen molar-refractivity contribution in [2.45, 2.75) is 184 Å². The molecule has 0 bridgehead atoms. The first kappa shape index (κ1) is 30.0. The standard InChI is InChI=1S/C44H60N2O2/c1-25-10-17-38-41(21-25)48-42-22-26(2)20-34-33-24-30(16-19-36(33)46(38)44(34)42)28-13-11-27(12-14-28)29-15-18-35-32(23-29)31-6-5-9-40-43(31)45(35)37-7-3-4-8-39(37)47-40/h11-14,23,25-26,30-31,33-34,36-44H,3-10,15-22,24H2,1-2H3. The molecule has 4 heteroatoms. The van der Waals surface area contributed by atoms with Crippen LogP contribution in [0.2, 0.25) is 0 Å². The molecule has 15 atom stereocenters. The number of nitrogens with zero attached hydrogens (tertiary/aromatic N) is 2. The zero-order valence-corrected chi connectivity index (χ0v) is 29.8. The van der Waals surface area contributed by atoms with Gasteiger partial charge in [-0.05, 0) is 142 Å². The second-order valence-corrected chi connectivity index (χ2v) is 18.8. The number of ether oxygens (including phenoxy) is 2. The Morgan fingerprint density at radius 2 is 1.42 bits per heavy atom. The summed E-state index contributed by atoms with van der Waals surface area (Å²) in [5.41, 5.74) is 8.13. The van der Waals surface area contributed by atoms with Crippen LogP contribution in [0.3, 0.4) is 0 Å². The maximum absolute atomic E-state index is 7.04. The third-order valence-corrected chi connectivity index (χ3v) is 16.3. The largest absolute Gasteiger partial charge is 0.372 e. The molecule has 0 aromatic heterocycles. The third-order valence-electron chi connectivity index (χ3n) is 16.3. The summed E-state index contributed by atoms with van der Waals surface area (Å²) in [5.74, 6) is 4.77. The van der Waals surface area contributed by atoms with Crippen molar-refractivity contribution in [3.05, 3.63) is 52.7 Å². The Bertz CT molecular complexity index is 1480. The predicted molar refractivity (Wildman–Crippen MR) is 191 cm³/mol. The van der Waals surface area contributed by atoms with Crippen LogP contribution in [0.15, 0.2) is 41.6 Å². The molecule has 11 rings (SSSR count). The summed E-state index contributed by atoms with van der Waals surface area (Å²) in [7, 11) is 0. The maximum Gasteiger partial charge on any atom is 0.0789 e. The highest BCUT2D eigenvalue weighted by Gasteiger charge is 2.61. The number of allylic oxidation sites excluding steroid dienone is 3. The van der Waals surface area contributed by atoms with Crippen LogP contribution in [0, 0.1) is 29.6 Å². The highest BCUT2D eigenvalue weighted by Crippen LogP contribution is 2.58. The summed E-state index contributed by atoms with van der Waals surface area (Å²) < 4.78 is 13.9. The van der Waals surface area contributed by atoms with Crippen molar-refractivity contribution in [3.8, 4) is 0 Å². The van der Waals surface area contributed by atoms with Gasteiger partial charge in [0.25, 0.3) is 0 Å². The van der Waals surface area contributed by atoms with Gasteiger partial charge >= 0.3 is 0 Å². The van der Waals surface area contributed by atoms with Crippen LogP contribution in [-0.4, -0.2) is 64.4 Å². The smallest absolute Gasteiger partial charge is 0.0789 e. The van der Waals surface area contributed by atoms with Crippen molar-refractivity contribution in [1.82, 2.24) is 9.80 Å². The van der Waals surface area contributed by atoms with Crippen molar-refractivity contribution in [1.29, 1.82) is 0 Å². The van der Waals surface area contributed by atoms with E-state index in [2.05, 4.69) is 54.0 Å². The monoisotopic (exact) mass is 648 g/mol. The van der Waals surface area contributed by atoms with Crippen LogP contribution in [0.5, 0.6) is 0 Å². The van der Waals surface area contributed by atoms with Crippen molar-refractivity contribution >= 4 is 5.57 Å². The Balaban J connectivity index is 0.838. The summed E-state index contributed by atoms with van der Waals surface area (Å²) in [4.78, 5) is 6.10. The number of morpholine rings is 2. The minimum absolute atomic E-state index is 0.462. The van der Waals surface area contributed by atoms with Gasteiger partial charge < -0.3 is 14.4 Å². The van der Waals surface area contributed by atoms with Crippen LogP contribution in [0.4, 0.5) is 0 Å². The second kappa shape index (κ2) is 11.4. The molecule has 10 aliphatic rings. The zero-order chi connectivity index (χ0) is 31.7. The van der Waals surface area contributed by atoms with Crippen molar-refractivity contribution in [2.24, 2.45) is 29.6 Å². The minimum Gasteiger partial charge on any atom is -0.372 e. The lowest BCUT2D eigenvalue weighted by Crippen LogP contribution is -2.64. The molecule has 0 amide bonds. The molecule has 8 fully saturated rings. The van der Waals surface area contributed by atoms with Gasteiger partial charge in [-0.2, -0.15) is 0 Å². The molecule has 6 aliphatic carbocycles. The third kappa shape index (κ3) is 4.49. The Kier molecular flexibility index (Phi) is 7.16. The molecular weight excluding hydrogens is 588 g/mol. The first-order valence-electron chi connectivity index (χ1n) is 21.0. The Morgan fingerprint density at radius 3 is 2.33 bits per heavy atom. The molecule has 0 N–H and O–H groups in total. The molecule has 15 unspecified atom stereocenters. The number of fused-ring (bicyclic) bond motifs is 9.